The zero-order valence-electron chi connectivity index (χ0n) is 13.1. The van der Waals surface area contributed by atoms with E-state index in [4.69, 9.17) is 4.42 Å². The van der Waals surface area contributed by atoms with E-state index in [0.29, 0.717) is 17.2 Å². The topological polar surface area (TPSA) is 79.6 Å². The van der Waals surface area contributed by atoms with Crippen molar-refractivity contribution in [2.24, 2.45) is 0 Å². The fraction of sp³-hybridized carbons (Fsp3) is 0. The quantitative estimate of drug-likeness (QED) is 0.509. The minimum Gasteiger partial charge on any atom is -0.449 e. The molecule has 6 heteroatoms. The molecule has 25 heavy (non-hydrogen) atoms. The molecule has 0 unspecified atom stereocenters. The zero-order valence-corrected chi connectivity index (χ0v) is 13.1. The van der Waals surface area contributed by atoms with Gasteiger partial charge in [-0.25, -0.2) is 9.97 Å². The van der Waals surface area contributed by atoms with Crippen LogP contribution in [0.2, 0.25) is 0 Å². The third-order valence-corrected chi connectivity index (χ3v) is 4.12. The fourth-order valence-corrected chi connectivity index (χ4v) is 2.98. The van der Waals surface area contributed by atoms with Gasteiger partial charge in [0.1, 0.15) is 0 Å². The van der Waals surface area contributed by atoms with Gasteiger partial charge in [0, 0.05) is 46.8 Å². The van der Waals surface area contributed by atoms with E-state index in [2.05, 4.69) is 25.3 Å². The van der Waals surface area contributed by atoms with Gasteiger partial charge in [-0.1, -0.05) is 6.07 Å². The van der Waals surface area contributed by atoms with Crippen molar-refractivity contribution >= 4 is 33.2 Å². The van der Waals surface area contributed by atoms with Crippen LogP contribution in [0.4, 0.5) is 11.4 Å². The van der Waals surface area contributed by atoms with E-state index < -0.39 is 0 Å². The highest BCUT2D eigenvalue weighted by atomic mass is 16.3. The van der Waals surface area contributed by atoms with Gasteiger partial charge in [-0.05, 0) is 30.3 Å². The van der Waals surface area contributed by atoms with Crippen molar-refractivity contribution in [1.29, 1.82) is 0 Å². The lowest BCUT2D eigenvalue weighted by molar-refractivity contribution is 0.624. The molecule has 0 amide bonds. The largest absolute Gasteiger partial charge is 0.449 e. The van der Waals surface area contributed by atoms with Crippen molar-refractivity contribution < 1.29 is 4.42 Å². The Balaban J connectivity index is 1.73. The van der Waals surface area contributed by atoms with Gasteiger partial charge in [0.2, 0.25) is 0 Å². The molecule has 0 spiro atoms. The van der Waals surface area contributed by atoms with E-state index >= 15 is 0 Å². The minimum absolute atomic E-state index is 0.530. The number of nitrogens with one attached hydrogen (secondary N) is 2. The summed E-state index contributed by atoms with van der Waals surface area (Å²) in [7, 11) is 0. The molecular weight excluding hydrogens is 314 g/mol. The summed E-state index contributed by atoms with van der Waals surface area (Å²) in [6, 6.07) is 11.8. The van der Waals surface area contributed by atoms with Gasteiger partial charge in [-0.3, -0.25) is 4.98 Å². The lowest BCUT2D eigenvalue weighted by atomic mass is 10.2. The molecule has 5 aromatic rings. The average Bonchev–Trinajstić information content (AvgIpc) is 3.28. The van der Waals surface area contributed by atoms with Gasteiger partial charge < -0.3 is 14.7 Å². The molecular formula is C19H13N5O. The Morgan fingerprint density at radius 2 is 1.84 bits per heavy atom. The van der Waals surface area contributed by atoms with E-state index in [9.17, 15) is 0 Å². The van der Waals surface area contributed by atoms with Crippen LogP contribution in [0.1, 0.15) is 0 Å². The van der Waals surface area contributed by atoms with Crippen LogP contribution < -0.4 is 5.32 Å². The summed E-state index contributed by atoms with van der Waals surface area (Å²) in [6.45, 7) is 0. The van der Waals surface area contributed by atoms with Crippen molar-refractivity contribution in [3.05, 3.63) is 67.4 Å². The Bertz CT molecular complexity index is 1180. The average molecular weight is 327 g/mol. The van der Waals surface area contributed by atoms with Gasteiger partial charge in [-0.2, -0.15) is 0 Å². The number of aromatic nitrogens is 4. The highest BCUT2D eigenvalue weighted by Gasteiger charge is 2.18. The first kappa shape index (κ1) is 13.7. The highest BCUT2D eigenvalue weighted by Crippen LogP contribution is 2.39. The summed E-state index contributed by atoms with van der Waals surface area (Å²) in [6.07, 6.45) is 8.77. The van der Waals surface area contributed by atoms with E-state index in [0.717, 1.165) is 27.7 Å². The van der Waals surface area contributed by atoms with E-state index in [1.54, 1.807) is 30.9 Å². The molecule has 120 valence electrons. The van der Waals surface area contributed by atoms with Crippen LogP contribution in [0.5, 0.6) is 0 Å². The Hall–Kier alpha value is -3.67. The molecule has 5 rings (SSSR count). The summed E-state index contributed by atoms with van der Waals surface area (Å²) >= 11 is 0. The SMILES string of the molecule is c1cnc(-c2oc3cnccc3c2Nc2cccc3[nH]ccc23)nc1. The molecule has 0 atom stereocenters. The summed E-state index contributed by atoms with van der Waals surface area (Å²) < 4.78 is 5.99. The second-order valence-electron chi connectivity index (χ2n) is 5.62. The second kappa shape index (κ2) is 5.45. The van der Waals surface area contributed by atoms with Crippen LogP contribution in [-0.2, 0) is 0 Å². The number of aromatic amines is 1. The molecule has 0 aliphatic rings. The number of hydrogen-bond acceptors (Lipinski definition) is 5. The Morgan fingerprint density at radius 3 is 2.76 bits per heavy atom. The van der Waals surface area contributed by atoms with Gasteiger partial charge in [0.15, 0.2) is 17.2 Å². The molecule has 0 fully saturated rings. The smallest absolute Gasteiger partial charge is 0.197 e. The molecule has 6 nitrogen and oxygen atoms in total. The molecule has 0 aliphatic heterocycles. The molecule has 2 N–H and O–H groups in total. The van der Waals surface area contributed by atoms with Crippen molar-refractivity contribution in [3.8, 4) is 11.6 Å². The first-order chi connectivity index (χ1) is 12.4. The molecule has 0 saturated carbocycles. The van der Waals surface area contributed by atoms with Crippen LogP contribution in [0.3, 0.4) is 0 Å². The van der Waals surface area contributed by atoms with Crippen molar-refractivity contribution in [2.45, 2.75) is 0 Å². The van der Waals surface area contributed by atoms with E-state index in [1.807, 2.05) is 36.5 Å². The lowest BCUT2D eigenvalue weighted by Gasteiger charge is -2.08. The van der Waals surface area contributed by atoms with Crippen LogP contribution in [0.25, 0.3) is 33.5 Å². The molecule has 0 saturated heterocycles. The number of pyridine rings is 1. The Kier molecular flexibility index (Phi) is 3.00. The first-order valence-corrected chi connectivity index (χ1v) is 7.87. The minimum atomic E-state index is 0.530. The monoisotopic (exact) mass is 327 g/mol. The third-order valence-electron chi connectivity index (χ3n) is 4.12. The second-order valence-corrected chi connectivity index (χ2v) is 5.62. The first-order valence-electron chi connectivity index (χ1n) is 7.87. The van der Waals surface area contributed by atoms with Gasteiger partial charge in [0.25, 0.3) is 0 Å². The summed E-state index contributed by atoms with van der Waals surface area (Å²) in [4.78, 5) is 16.0. The number of hydrogen-bond donors (Lipinski definition) is 2. The number of H-pyrrole nitrogens is 1. The number of benzene rings is 1. The van der Waals surface area contributed by atoms with Crippen LogP contribution in [-0.4, -0.2) is 19.9 Å². The van der Waals surface area contributed by atoms with Crippen LogP contribution in [0, 0.1) is 0 Å². The maximum atomic E-state index is 5.99. The predicted octanol–water partition coefficient (Wildman–Crippen LogP) is 4.51. The van der Waals surface area contributed by atoms with Crippen molar-refractivity contribution in [3.63, 3.8) is 0 Å². The highest BCUT2D eigenvalue weighted by molar-refractivity contribution is 6.02. The number of nitrogens with zero attached hydrogens (tertiary/aromatic N) is 3. The summed E-state index contributed by atoms with van der Waals surface area (Å²) in [5, 5.41) is 5.54. The predicted molar refractivity (Wildman–Crippen MR) is 96.6 cm³/mol. The molecule has 4 aromatic heterocycles. The number of furan rings is 1. The normalized spacial score (nSPS) is 11.2. The molecule has 0 aliphatic carbocycles. The molecule has 0 radical (unpaired) electrons. The van der Waals surface area contributed by atoms with Crippen molar-refractivity contribution in [2.75, 3.05) is 5.32 Å². The van der Waals surface area contributed by atoms with E-state index in [-0.39, 0.29) is 0 Å². The zero-order chi connectivity index (χ0) is 16.6. The fourth-order valence-electron chi connectivity index (χ4n) is 2.98. The van der Waals surface area contributed by atoms with Gasteiger partial charge in [0.05, 0.1) is 11.9 Å². The maximum Gasteiger partial charge on any atom is 0.197 e. The lowest BCUT2D eigenvalue weighted by Crippen LogP contribution is -1.94. The summed E-state index contributed by atoms with van der Waals surface area (Å²) in [5.74, 6) is 1.12. The van der Waals surface area contributed by atoms with E-state index in [1.165, 1.54) is 0 Å². The maximum absolute atomic E-state index is 5.99. The van der Waals surface area contributed by atoms with Gasteiger partial charge in [-0.15, -0.1) is 0 Å². The van der Waals surface area contributed by atoms with Crippen LogP contribution >= 0.6 is 0 Å². The Labute approximate surface area is 142 Å². The number of fused-ring (bicyclic) bond motifs is 2. The molecule has 4 heterocycles. The van der Waals surface area contributed by atoms with Crippen molar-refractivity contribution in [1.82, 2.24) is 19.9 Å². The third kappa shape index (κ3) is 2.23. The van der Waals surface area contributed by atoms with Crippen LogP contribution in [0.15, 0.2) is 71.8 Å². The summed E-state index contributed by atoms with van der Waals surface area (Å²) in [5.41, 5.74) is 3.57. The standard InChI is InChI=1S/C19H13N5O/c1-3-14-12(6-10-21-14)15(4-1)24-17-13-5-9-20-11-16(13)25-18(17)19-22-7-2-8-23-19/h1-11,21,24H. The number of anilines is 2. The van der Waals surface area contributed by atoms with Gasteiger partial charge >= 0.3 is 0 Å². The Morgan fingerprint density at radius 1 is 0.920 bits per heavy atom. The number of rotatable bonds is 3. The molecule has 0 bridgehead atoms. The molecule has 1 aromatic carbocycles.